The van der Waals surface area contributed by atoms with E-state index in [1.807, 2.05) is 0 Å². The van der Waals surface area contributed by atoms with Gasteiger partial charge in [-0.3, -0.25) is 0 Å². The highest BCUT2D eigenvalue weighted by atomic mass is 32.2. The predicted molar refractivity (Wildman–Crippen MR) is 103 cm³/mol. The van der Waals surface area contributed by atoms with Crippen LogP contribution in [0.4, 0.5) is 19.2 Å². The molecule has 30 heavy (non-hydrogen) atoms. The fraction of sp³-hybridized carbons (Fsp3) is 0.556. The van der Waals surface area contributed by atoms with E-state index in [2.05, 4.69) is 24.9 Å². The molecule has 2 aromatic rings. The quantitative estimate of drug-likeness (QED) is 0.636. The Morgan fingerprint density at radius 3 is 2.63 bits per heavy atom. The molecule has 1 aliphatic rings. The minimum Gasteiger partial charge on any atom is -0.406 e. The number of alkyl halides is 3. The average molecular weight is 448 g/mol. The summed E-state index contributed by atoms with van der Waals surface area (Å²) in [7, 11) is -3.19. The molecule has 0 aliphatic heterocycles. The normalized spacial score (nSPS) is 20.1. The molecule has 1 heterocycles. The fourth-order valence-corrected chi connectivity index (χ4v) is 3.96. The van der Waals surface area contributed by atoms with E-state index in [9.17, 15) is 21.6 Å². The molecule has 166 valence electrons. The maximum Gasteiger partial charge on any atom is 0.573 e. The van der Waals surface area contributed by atoms with Gasteiger partial charge in [-0.05, 0) is 50.7 Å². The molecule has 1 saturated carbocycles. The number of hydrogen-bond donors (Lipinski definition) is 2. The van der Waals surface area contributed by atoms with Crippen molar-refractivity contribution in [2.45, 2.75) is 45.0 Å². The Hall–Kier alpha value is -2.34. The molecule has 12 heteroatoms. The van der Waals surface area contributed by atoms with Crippen LogP contribution in [0.15, 0.2) is 28.8 Å². The first kappa shape index (κ1) is 22.3. The van der Waals surface area contributed by atoms with E-state index in [0.717, 1.165) is 25.7 Å². The molecule has 0 spiro atoms. The summed E-state index contributed by atoms with van der Waals surface area (Å²) in [5.74, 6) is 0.123. The lowest BCUT2D eigenvalue weighted by molar-refractivity contribution is -0.274. The highest BCUT2D eigenvalue weighted by Crippen LogP contribution is 2.29. The number of nitrogens with one attached hydrogen (secondary N) is 2. The summed E-state index contributed by atoms with van der Waals surface area (Å²) in [5, 5.41) is 6.95. The lowest BCUT2D eigenvalue weighted by Crippen LogP contribution is -2.34. The second-order valence-corrected chi connectivity index (χ2v) is 9.21. The van der Waals surface area contributed by atoms with Gasteiger partial charge in [-0.15, -0.1) is 13.2 Å². The van der Waals surface area contributed by atoms with Gasteiger partial charge in [-0.25, -0.2) is 13.1 Å². The Bertz CT molecular complexity index is 941. The van der Waals surface area contributed by atoms with Crippen LogP contribution in [0.25, 0.3) is 11.4 Å². The summed E-state index contributed by atoms with van der Waals surface area (Å²) in [4.78, 5) is 4.19. The summed E-state index contributed by atoms with van der Waals surface area (Å²) in [6, 6.07) is 5.62. The van der Waals surface area contributed by atoms with Crippen LogP contribution < -0.4 is 14.8 Å². The molecule has 1 fully saturated rings. The Labute approximate surface area is 172 Å². The molecule has 3 rings (SSSR count). The first-order chi connectivity index (χ1) is 14.1. The van der Waals surface area contributed by atoms with Crippen LogP contribution in [0.3, 0.4) is 0 Å². The van der Waals surface area contributed by atoms with E-state index in [0.29, 0.717) is 12.1 Å². The molecule has 0 saturated heterocycles. The van der Waals surface area contributed by atoms with Crippen LogP contribution in [0.1, 0.15) is 32.6 Å². The summed E-state index contributed by atoms with van der Waals surface area (Å²) in [5.41, 5.74) is 0.334. The first-order valence-corrected chi connectivity index (χ1v) is 11.2. The zero-order valence-corrected chi connectivity index (χ0v) is 17.1. The number of halogens is 3. The Morgan fingerprint density at radius 1 is 1.23 bits per heavy atom. The standard InChI is InChI=1S/C18H23F3N4O4S/c1-2-30(26,27)22-11-12-6-8-14(9-7-12)23-17-24-16(25-29-17)13-4-3-5-15(10-13)28-18(19,20)21/h3-5,10,12,14,22H,2,6-9,11H2,1H3,(H,23,24,25). The molecular weight excluding hydrogens is 425 g/mol. The third kappa shape index (κ3) is 6.59. The Morgan fingerprint density at radius 2 is 1.97 bits per heavy atom. The van der Waals surface area contributed by atoms with Gasteiger partial charge in [0.2, 0.25) is 15.8 Å². The van der Waals surface area contributed by atoms with Crippen LogP contribution in [0.2, 0.25) is 0 Å². The Kier molecular flexibility index (Phi) is 6.86. The van der Waals surface area contributed by atoms with Gasteiger partial charge in [0.05, 0.1) is 5.75 Å². The van der Waals surface area contributed by atoms with Crippen LogP contribution in [-0.4, -0.2) is 43.3 Å². The number of nitrogens with zero attached hydrogens (tertiary/aromatic N) is 2. The molecule has 1 aliphatic carbocycles. The van der Waals surface area contributed by atoms with Crippen molar-refractivity contribution in [3.8, 4) is 17.1 Å². The van der Waals surface area contributed by atoms with Crippen molar-refractivity contribution in [2.75, 3.05) is 17.6 Å². The van der Waals surface area contributed by atoms with Gasteiger partial charge in [0, 0.05) is 18.2 Å². The summed E-state index contributed by atoms with van der Waals surface area (Å²) < 4.78 is 71.9. The van der Waals surface area contributed by atoms with Crippen LogP contribution in [0, 0.1) is 5.92 Å². The van der Waals surface area contributed by atoms with Gasteiger partial charge in [0.25, 0.3) is 0 Å². The third-order valence-electron chi connectivity index (χ3n) is 4.90. The van der Waals surface area contributed by atoms with E-state index in [1.54, 1.807) is 13.0 Å². The van der Waals surface area contributed by atoms with E-state index >= 15 is 0 Å². The zero-order chi connectivity index (χ0) is 21.8. The maximum absolute atomic E-state index is 12.4. The molecule has 0 unspecified atom stereocenters. The number of hydrogen-bond acceptors (Lipinski definition) is 7. The van der Waals surface area contributed by atoms with Gasteiger partial charge in [-0.2, -0.15) is 4.98 Å². The van der Waals surface area contributed by atoms with Crippen molar-refractivity contribution in [1.29, 1.82) is 0 Å². The minimum atomic E-state index is -4.78. The van der Waals surface area contributed by atoms with Crippen molar-refractivity contribution in [2.24, 2.45) is 5.92 Å². The van der Waals surface area contributed by atoms with Crippen LogP contribution in [0.5, 0.6) is 5.75 Å². The monoisotopic (exact) mass is 448 g/mol. The van der Waals surface area contributed by atoms with E-state index in [-0.39, 0.29) is 35.3 Å². The second kappa shape index (κ2) is 9.21. The van der Waals surface area contributed by atoms with Gasteiger partial charge < -0.3 is 14.6 Å². The Balaban J connectivity index is 1.53. The van der Waals surface area contributed by atoms with Crippen molar-refractivity contribution in [1.82, 2.24) is 14.9 Å². The molecule has 1 aromatic carbocycles. The number of rotatable bonds is 8. The number of ether oxygens (including phenoxy) is 1. The van der Waals surface area contributed by atoms with Gasteiger partial charge >= 0.3 is 12.4 Å². The van der Waals surface area contributed by atoms with Gasteiger partial charge in [0.15, 0.2) is 0 Å². The first-order valence-electron chi connectivity index (χ1n) is 9.57. The van der Waals surface area contributed by atoms with Crippen molar-refractivity contribution >= 4 is 16.0 Å². The highest BCUT2D eigenvalue weighted by molar-refractivity contribution is 7.89. The maximum atomic E-state index is 12.4. The summed E-state index contributed by atoms with van der Waals surface area (Å²) in [6.45, 7) is 2.03. The molecule has 0 bridgehead atoms. The average Bonchev–Trinajstić information content (AvgIpc) is 3.15. The molecule has 0 radical (unpaired) electrons. The molecule has 8 nitrogen and oxygen atoms in total. The van der Waals surface area contributed by atoms with Crippen molar-refractivity contribution in [3.63, 3.8) is 0 Å². The highest BCUT2D eigenvalue weighted by Gasteiger charge is 2.31. The van der Waals surface area contributed by atoms with E-state index < -0.39 is 16.4 Å². The molecule has 0 atom stereocenters. The lowest BCUT2D eigenvalue weighted by atomic mass is 9.86. The third-order valence-corrected chi connectivity index (χ3v) is 6.26. The topological polar surface area (TPSA) is 106 Å². The number of sulfonamides is 1. The zero-order valence-electron chi connectivity index (χ0n) is 16.3. The SMILES string of the molecule is CCS(=O)(=O)NCC1CCC(Nc2nc(-c3cccc(OC(F)(F)F)c3)no2)CC1. The number of anilines is 1. The van der Waals surface area contributed by atoms with Gasteiger partial charge in [-0.1, -0.05) is 17.3 Å². The van der Waals surface area contributed by atoms with Crippen LogP contribution in [-0.2, 0) is 10.0 Å². The molecule has 0 amide bonds. The molecule has 1 aromatic heterocycles. The predicted octanol–water partition coefficient (Wildman–Crippen LogP) is 3.55. The lowest BCUT2D eigenvalue weighted by Gasteiger charge is -2.28. The van der Waals surface area contributed by atoms with Crippen molar-refractivity contribution in [3.05, 3.63) is 24.3 Å². The van der Waals surface area contributed by atoms with Gasteiger partial charge in [0.1, 0.15) is 5.75 Å². The van der Waals surface area contributed by atoms with E-state index in [1.165, 1.54) is 18.2 Å². The van der Waals surface area contributed by atoms with E-state index in [4.69, 9.17) is 4.52 Å². The minimum absolute atomic E-state index is 0.0641. The summed E-state index contributed by atoms with van der Waals surface area (Å²) in [6.07, 6.45) is -1.46. The largest absolute Gasteiger partial charge is 0.573 e. The summed E-state index contributed by atoms with van der Waals surface area (Å²) >= 11 is 0. The number of aromatic nitrogens is 2. The smallest absolute Gasteiger partial charge is 0.406 e. The second-order valence-electron chi connectivity index (χ2n) is 7.11. The molecular formula is C18H23F3N4O4S. The fourth-order valence-electron chi connectivity index (χ4n) is 3.26. The number of benzene rings is 1. The van der Waals surface area contributed by atoms with Crippen LogP contribution >= 0.6 is 0 Å². The van der Waals surface area contributed by atoms with Crippen molar-refractivity contribution < 1.29 is 30.8 Å². The molecule has 2 N–H and O–H groups in total.